The van der Waals surface area contributed by atoms with Crippen LogP contribution < -0.4 is 10.2 Å². The molecule has 1 heterocycles. The molecule has 1 N–H and O–H groups in total. The van der Waals surface area contributed by atoms with Crippen LogP contribution in [0.3, 0.4) is 0 Å². The van der Waals surface area contributed by atoms with Crippen LogP contribution in [-0.2, 0) is 11.3 Å². The highest BCUT2D eigenvalue weighted by atomic mass is 79.9. The van der Waals surface area contributed by atoms with E-state index in [1.807, 2.05) is 7.11 Å². The van der Waals surface area contributed by atoms with E-state index in [1.165, 1.54) is 24.1 Å². The molecule has 1 fully saturated rings. The van der Waals surface area contributed by atoms with Gasteiger partial charge in [0.25, 0.3) is 0 Å². The van der Waals surface area contributed by atoms with Crippen LogP contribution in [0.1, 0.15) is 39.2 Å². The predicted octanol–water partition coefficient (Wildman–Crippen LogP) is 3.95. The molecule has 0 bridgehead atoms. The summed E-state index contributed by atoms with van der Waals surface area (Å²) in [5, 5.41) is 3.59. The molecule has 0 spiro atoms. The molecule has 0 radical (unpaired) electrons. The zero-order chi connectivity index (χ0) is 15.5. The van der Waals surface area contributed by atoms with Crippen LogP contribution in [0, 0.1) is 0 Å². The number of hydrogen-bond acceptors (Lipinski definition) is 3. The van der Waals surface area contributed by atoms with Crippen LogP contribution in [0.5, 0.6) is 0 Å². The Hall–Kier alpha value is -0.580. The second kappa shape index (κ2) is 7.12. The smallest absolute Gasteiger partial charge is 0.0746 e. The van der Waals surface area contributed by atoms with E-state index >= 15 is 0 Å². The highest BCUT2D eigenvalue weighted by Crippen LogP contribution is 2.28. The molecule has 1 aromatic carbocycles. The summed E-state index contributed by atoms with van der Waals surface area (Å²) >= 11 is 3.60. The molecule has 21 heavy (non-hydrogen) atoms. The van der Waals surface area contributed by atoms with E-state index in [1.54, 1.807) is 0 Å². The third-order valence-electron chi connectivity index (χ3n) is 3.90. The van der Waals surface area contributed by atoms with Gasteiger partial charge in [0.05, 0.1) is 6.10 Å². The molecule has 1 aliphatic heterocycles. The van der Waals surface area contributed by atoms with E-state index in [9.17, 15) is 0 Å². The summed E-state index contributed by atoms with van der Waals surface area (Å²) in [4.78, 5) is 2.46. The quantitative estimate of drug-likeness (QED) is 0.885. The zero-order valence-corrected chi connectivity index (χ0v) is 15.2. The number of nitrogens with one attached hydrogen (secondary N) is 1. The van der Waals surface area contributed by atoms with Crippen LogP contribution in [0.4, 0.5) is 5.69 Å². The van der Waals surface area contributed by atoms with Crippen LogP contribution in [0.2, 0.25) is 0 Å². The van der Waals surface area contributed by atoms with Gasteiger partial charge in [-0.3, -0.25) is 0 Å². The number of ether oxygens (including phenoxy) is 1. The van der Waals surface area contributed by atoms with Crippen molar-refractivity contribution in [2.75, 3.05) is 25.1 Å². The first-order chi connectivity index (χ1) is 9.89. The minimum atomic E-state index is 0.122. The molecule has 3 nitrogen and oxygen atoms in total. The van der Waals surface area contributed by atoms with Crippen LogP contribution in [0.15, 0.2) is 22.7 Å². The van der Waals surface area contributed by atoms with Gasteiger partial charge < -0.3 is 15.0 Å². The average molecular weight is 355 g/mol. The lowest BCUT2D eigenvalue weighted by molar-refractivity contribution is 0.0893. The van der Waals surface area contributed by atoms with Crippen molar-refractivity contribution in [3.63, 3.8) is 0 Å². The van der Waals surface area contributed by atoms with Crippen LogP contribution >= 0.6 is 15.9 Å². The van der Waals surface area contributed by atoms with Crippen molar-refractivity contribution in [2.24, 2.45) is 0 Å². The Balaban J connectivity index is 2.17. The van der Waals surface area contributed by atoms with E-state index in [2.05, 4.69) is 65.1 Å². The monoisotopic (exact) mass is 354 g/mol. The fourth-order valence-electron chi connectivity index (χ4n) is 2.71. The molecular formula is C17H27BrN2O. The molecule has 2 rings (SSSR count). The standard InChI is InChI=1S/C17H27BrN2O/c1-17(2,3)19-11-13-10-14(18)7-8-16(13)20-9-5-6-15(12-20)21-4/h7-8,10,15,19H,5-6,9,11-12H2,1-4H3. The number of halogens is 1. The number of anilines is 1. The summed E-state index contributed by atoms with van der Waals surface area (Å²) in [6, 6.07) is 6.58. The summed E-state index contributed by atoms with van der Waals surface area (Å²) in [5.74, 6) is 0. The summed E-state index contributed by atoms with van der Waals surface area (Å²) in [6.45, 7) is 9.59. The van der Waals surface area contributed by atoms with Gasteiger partial charge >= 0.3 is 0 Å². The predicted molar refractivity (Wildman–Crippen MR) is 93.0 cm³/mol. The van der Waals surface area contributed by atoms with Gasteiger partial charge in [-0.2, -0.15) is 0 Å². The number of rotatable bonds is 4. The molecule has 0 aromatic heterocycles. The lowest BCUT2D eigenvalue weighted by Gasteiger charge is -2.35. The molecule has 1 aromatic rings. The summed E-state index contributed by atoms with van der Waals surface area (Å²) in [5.41, 5.74) is 2.80. The third-order valence-corrected chi connectivity index (χ3v) is 4.40. The molecule has 1 saturated heterocycles. The highest BCUT2D eigenvalue weighted by molar-refractivity contribution is 9.10. The SMILES string of the molecule is COC1CCCN(c2ccc(Br)cc2CNC(C)(C)C)C1. The van der Waals surface area contributed by atoms with E-state index in [0.29, 0.717) is 6.10 Å². The molecule has 4 heteroatoms. The van der Waals surface area contributed by atoms with Gasteiger partial charge in [0.2, 0.25) is 0 Å². The summed E-state index contributed by atoms with van der Waals surface area (Å²) < 4.78 is 6.69. The lowest BCUT2D eigenvalue weighted by atomic mass is 10.0. The first-order valence-electron chi connectivity index (χ1n) is 7.70. The number of piperidine rings is 1. The lowest BCUT2D eigenvalue weighted by Crippen LogP contribution is -2.40. The van der Waals surface area contributed by atoms with Gasteiger partial charge in [0, 0.05) is 42.4 Å². The molecule has 1 unspecified atom stereocenters. The van der Waals surface area contributed by atoms with Gasteiger partial charge in [0.1, 0.15) is 0 Å². The summed E-state index contributed by atoms with van der Waals surface area (Å²) in [6.07, 6.45) is 2.71. The Morgan fingerprint density at radius 3 is 2.81 bits per heavy atom. The molecule has 0 aliphatic carbocycles. The second-order valence-electron chi connectivity index (χ2n) is 6.82. The average Bonchev–Trinajstić information content (AvgIpc) is 2.44. The van der Waals surface area contributed by atoms with Crippen LogP contribution in [0.25, 0.3) is 0 Å². The maximum atomic E-state index is 5.55. The molecule has 1 aliphatic rings. The van der Waals surface area contributed by atoms with E-state index < -0.39 is 0 Å². The van der Waals surface area contributed by atoms with E-state index in [-0.39, 0.29) is 5.54 Å². The second-order valence-corrected chi connectivity index (χ2v) is 7.74. The zero-order valence-electron chi connectivity index (χ0n) is 13.6. The number of benzene rings is 1. The minimum Gasteiger partial charge on any atom is -0.380 e. The van der Waals surface area contributed by atoms with Crippen molar-refractivity contribution in [3.05, 3.63) is 28.2 Å². The maximum Gasteiger partial charge on any atom is 0.0746 e. The maximum absolute atomic E-state index is 5.55. The fraction of sp³-hybridized carbons (Fsp3) is 0.647. The molecule has 0 amide bonds. The number of nitrogens with zero attached hydrogens (tertiary/aromatic N) is 1. The largest absolute Gasteiger partial charge is 0.380 e. The highest BCUT2D eigenvalue weighted by Gasteiger charge is 2.22. The first-order valence-corrected chi connectivity index (χ1v) is 8.49. The fourth-order valence-corrected chi connectivity index (χ4v) is 3.12. The van der Waals surface area contributed by atoms with Crippen molar-refractivity contribution >= 4 is 21.6 Å². The van der Waals surface area contributed by atoms with Gasteiger partial charge in [-0.1, -0.05) is 15.9 Å². The molecular weight excluding hydrogens is 328 g/mol. The van der Waals surface area contributed by atoms with Gasteiger partial charge in [-0.15, -0.1) is 0 Å². The van der Waals surface area contributed by atoms with Gasteiger partial charge in [-0.25, -0.2) is 0 Å². The van der Waals surface area contributed by atoms with Crippen molar-refractivity contribution < 1.29 is 4.74 Å². The van der Waals surface area contributed by atoms with Gasteiger partial charge in [0.15, 0.2) is 0 Å². The van der Waals surface area contributed by atoms with E-state index in [4.69, 9.17) is 4.74 Å². The van der Waals surface area contributed by atoms with Crippen LogP contribution in [-0.4, -0.2) is 31.8 Å². The number of methoxy groups -OCH3 is 1. The Kier molecular flexibility index (Phi) is 5.69. The molecule has 0 saturated carbocycles. The normalized spacial score (nSPS) is 19.9. The Morgan fingerprint density at radius 2 is 2.14 bits per heavy atom. The molecule has 1 atom stereocenters. The summed E-state index contributed by atoms with van der Waals surface area (Å²) in [7, 11) is 1.82. The Bertz CT molecular complexity index is 470. The Morgan fingerprint density at radius 1 is 1.38 bits per heavy atom. The van der Waals surface area contributed by atoms with Crippen molar-refractivity contribution in [3.8, 4) is 0 Å². The van der Waals surface area contributed by atoms with Crippen molar-refractivity contribution in [1.82, 2.24) is 5.32 Å². The third kappa shape index (κ3) is 4.97. The topological polar surface area (TPSA) is 24.5 Å². The van der Waals surface area contributed by atoms with Crippen molar-refractivity contribution in [1.29, 1.82) is 0 Å². The van der Waals surface area contributed by atoms with Gasteiger partial charge in [-0.05, 0) is 57.4 Å². The minimum absolute atomic E-state index is 0.122. The van der Waals surface area contributed by atoms with E-state index in [0.717, 1.165) is 24.1 Å². The Labute approximate surface area is 137 Å². The molecule has 118 valence electrons. The first kappa shape index (κ1) is 16.8. The van der Waals surface area contributed by atoms with Crippen molar-refractivity contribution in [2.45, 2.75) is 51.8 Å². The number of hydrogen-bond donors (Lipinski definition) is 1.